The Morgan fingerprint density at radius 3 is 1.59 bits per heavy atom. The molecule has 0 spiro atoms. The van der Waals surface area contributed by atoms with Crippen LogP contribution in [0.5, 0.6) is 0 Å². The summed E-state index contributed by atoms with van der Waals surface area (Å²) in [5.41, 5.74) is 15.1. The third-order valence-corrected chi connectivity index (χ3v) is 10.8. The Labute approximate surface area is 295 Å². The summed E-state index contributed by atoms with van der Waals surface area (Å²) in [6.07, 6.45) is 1.87. The van der Waals surface area contributed by atoms with Gasteiger partial charge in [0.05, 0.1) is 11.0 Å². The number of hydrogen-bond donors (Lipinski definition) is 0. The van der Waals surface area contributed by atoms with E-state index in [9.17, 15) is 0 Å². The van der Waals surface area contributed by atoms with Gasteiger partial charge in [0, 0.05) is 17.0 Å². The zero-order valence-corrected chi connectivity index (χ0v) is 27.7. The van der Waals surface area contributed by atoms with Crippen LogP contribution in [0.15, 0.2) is 182 Å². The van der Waals surface area contributed by atoms with E-state index >= 15 is 0 Å². The SMILES string of the molecule is c1ccc(-c2c3c(c(-c4ccccc4)c4ccccc24)-c2ccc(-c4ccc5c(c4)c4ccccc4n5-c4ccccn4)c4cccc-3c24)cc1. The van der Waals surface area contributed by atoms with Crippen molar-refractivity contribution in [2.75, 3.05) is 0 Å². The standard InChI is InChI=1S/C49H30N2/c1-3-14-31(15-4-1)45-37-19-7-8-20-38(37)46(32-16-5-2-6-17-32)49-40-27-26-34(36-21-13-22-39(47(36)40)48(45)49)33-25-28-43-41(30-33)35-18-9-10-23-42(35)51(43)44-24-11-12-29-50-44/h1-30H. The Kier molecular flexibility index (Phi) is 5.99. The molecule has 2 aromatic heterocycles. The predicted octanol–water partition coefficient (Wildman–Crippen LogP) is 13.1. The first-order valence-electron chi connectivity index (χ1n) is 17.6. The summed E-state index contributed by atoms with van der Waals surface area (Å²) in [5, 5.41) is 7.61. The molecule has 8 aromatic carbocycles. The Morgan fingerprint density at radius 1 is 0.333 bits per heavy atom. The van der Waals surface area contributed by atoms with Gasteiger partial charge in [-0.3, -0.25) is 4.57 Å². The quantitative estimate of drug-likeness (QED) is 0.186. The van der Waals surface area contributed by atoms with Crippen molar-refractivity contribution in [3.05, 3.63) is 182 Å². The topological polar surface area (TPSA) is 17.8 Å². The molecule has 2 heterocycles. The van der Waals surface area contributed by atoms with E-state index in [0.717, 1.165) is 16.9 Å². The molecular weight excluding hydrogens is 617 g/mol. The van der Waals surface area contributed by atoms with Gasteiger partial charge >= 0.3 is 0 Å². The molecule has 1 aliphatic carbocycles. The molecule has 10 aromatic rings. The van der Waals surface area contributed by atoms with Gasteiger partial charge in [-0.2, -0.15) is 0 Å². The van der Waals surface area contributed by atoms with Crippen molar-refractivity contribution in [1.29, 1.82) is 0 Å². The van der Waals surface area contributed by atoms with E-state index in [1.165, 1.54) is 88.0 Å². The maximum absolute atomic E-state index is 4.73. The van der Waals surface area contributed by atoms with Crippen LogP contribution in [0, 0.1) is 0 Å². The second kappa shape index (κ2) is 10.9. The number of rotatable bonds is 4. The van der Waals surface area contributed by atoms with Crippen molar-refractivity contribution >= 4 is 43.4 Å². The Morgan fingerprint density at radius 2 is 0.902 bits per heavy atom. The van der Waals surface area contributed by atoms with Gasteiger partial charge in [0.25, 0.3) is 0 Å². The smallest absolute Gasteiger partial charge is 0.137 e. The highest BCUT2D eigenvalue weighted by Crippen LogP contribution is 2.58. The molecule has 0 N–H and O–H groups in total. The zero-order chi connectivity index (χ0) is 33.5. The average Bonchev–Trinajstić information content (AvgIpc) is 3.71. The molecule has 2 nitrogen and oxygen atoms in total. The van der Waals surface area contributed by atoms with Crippen LogP contribution in [0.25, 0.3) is 105 Å². The highest BCUT2D eigenvalue weighted by molar-refractivity contribution is 6.29. The number of pyridine rings is 1. The van der Waals surface area contributed by atoms with Crippen molar-refractivity contribution in [1.82, 2.24) is 9.55 Å². The monoisotopic (exact) mass is 646 g/mol. The third kappa shape index (κ3) is 4.02. The summed E-state index contributed by atoms with van der Waals surface area (Å²) in [7, 11) is 0. The minimum atomic E-state index is 0.926. The Balaban J connectivity index is 1.21. The van der Waals surface area contributed by atoms with E-state index in [4.69, 9.17) is 4.98 Å². The van der Waals surface area contributed by atoms with Gasteiger partial charge < -0.3 is 0 Å². The number of fused-ring (bicyclic) bond motifs is 7. The van der Waals surface area contributed by atoms with Crippen LogP contribution in [-0.4, -0.2) is 9.55 Å². The highest BCUT2D eigenvalue weighted by atomic mass is 15.1. The lowest BCUT2D eigenvalue weighted by Gasteiger charge is -2.20. The number of benzene rings is 8. The summed E-state index contributed by atoms with van der Waals surface area (Å²) in [5.74, 6) is 0.926. The largest absolute Gasteiger partial charge is 0.294 e. The minimum Gasteiger partial charge on any atom is -0.294 e. The Bertz CT molecular complexity index is 2900. The molecule has 1 aliphatic rings. The summed E-state index contributed by atoms with van der Waals surface area (Å²) in [6.45, 7) is 0. The molecule has 0 fully saturated rings. The van der Waals surface area contributed by atoms with E-state index in [2.05, 4.69) is 174 Å². The third-order valence-electron chi connectivity index (χ3n) is 10.8. The lowest BCUT2D eigenvalue weighted by atomic mass is 9.82. The number of hydrogen-bond acceptors (Lipinski definition) is 1. The zero-order valence-electron chi connectivity index (χ0n) is 27.7. The van der Waals surface area contributed by atoms with Crippen LogP contribution in [0.3, 0.4) is 0 Å². The molecule has 11 rings (SSSR count). The maximum Gasteiger partial charge on any atom is 0.137 e. The predicted molar refractivity (Wildman–Crippen MR) is 214 cm³/mol. The molecular formula is C49H30N2. The van der Waals surface area contributed by atoms with E-state index in [-0.39, 0.29) is 0 Å². The van der Waals surface area contributed by atoms with Crippen molar-refractivity contribution in [2.45, 2.75) is 0 Å². The molecule has 0 bridgehead atoms. The highest BCUT2D eigenvalue weighted by Gasteiger charge is 2.31. The summed E-state index contributed by atoms with van der Waals surface area (Å²) < 4.78 is 2.28. The fourth-order valence-electron chi connectivity index (χ4n) is 8.73. The number of aromatic nitrogens is 2. The van der Waals surface area contributed by atoms with Gasteiger partial charge in [-0.15, -0.1) is 0 Å². The first-order valence-corrected chi connectivity index (χ1v) is 17.6. The molecule has 0 radical (unpaired) electrons. The minimum absolute atomic E-state index is 0.926. The van der Waals surface area contributed by atoms with Crippen LogP contribution < -0.4 is 0 Å². The normalized spacial score (nSPS) is 11.9. The summed E-state index contributed by atoms with van der Waals surface area (Å²) in [4.78, 5) is 4.73. The number of para-hydroxylation sites is 1. The molecule has 2 heteroatoms. The van der Waals surface area contributed by atoms with Gasteiger partial charge in [0.1, 0.15) is 5.82 Å². The molecule has 0 saturated heterocycles. The summed E-state index contributed by atoms with van der Waals surface area (Å²) >= 11 is 0. The van der Waals surface area contributed by atoms with Crippen LogP contribution in [0.2, 0.25) is 0 Å². The van der Waals surface area contributed by atoms with Crippen LogP contribution in [0.1, 0.15) is 0 Å². The molecule has 0 amide bonds. The van der Waals surface area contributed by atoms with Crippen molar-refractivity contribution in [3.8, 4) is 61.5 Å². The van der Waals surface area contributed by atoms with Crippen molar-refractivity contribution in [3.63, 3.8) is 0 Å². The van der Waals surface area contributed by atoms with E-state index in [1.54, 1.807) is 0 Å². The first kappa shape index (κ1) is 28.1. The second-order valence-corrected chi connectivity index (χ2v) is 13.4. The van der Waals surface area contributed by atoms with Crippen molar-refractivity contribution < 1.29 is 0 Å². The van der Waals surface area contributed by atoms with Crippen molar-refractivity contribution in [2.24, 2.45) is 0 Å². The lowest BCUT2D eigenvalue weighted by molar-refractivity contribution is 1.08. The van der Waals surface area contributed by atoms with Crippen LogP contribution >= 0.6 is 0 Å². The molecule has 0 aliphatic heterocycles. The van der Waals surface area contributed by atoms with Crippen LogP contribution in [-0.2, 0) is 0 Å². The van der Waals surface area contributed by atoms with E-state index in [0.29, 0.717) is 0 Å². The molecule has 0 atom stereocenters. The van der Waals surface area contributed by atoms with Gasteiger partial charge in [0.15, 0.2) is 0 Å². The van der Waals surface area contributed by atoms with Gasteiger partial charge in [0.2, 0.25) is 0 Å². The van der Waals surface area contributed by atoms with E-state index in [1.807, 2.05) is 12.3 Å². The first-order chi connectivity index (χ1) is 25.3. The molecule has 0 saturated carbocycles. The van der Waals surface area contributed by atoms with Gasteiger partial charge in [-0.05, 0) is 108 Å². The molecule has 0 unspecified atom stereocenters. The average molecular weight is 647 g/mol. The Hall–Kier alpha value is -6.77. The molecule has 51 heavy (non-hydrogen) atoms. The fraction of sp³-hybridized carbons (Fsp3) is 0. The second-order valence-electron chi connectivity index (χ2n) is 13.4. The lowest BCUT2D eigenvalue weighted by Crippen LogP contribution is -1.96. The van der Waals surface area contributed by atoms with Crippen LogP contribution in [0.4, 0.5) is 0 Å². The summed E-state index contributed by atoms with van der Waals surface area (Å²) in [6, 6.07) is 64.2. The fourth-order valence-corrected chi connectivity index (χ4v) is 8.73. The maximum atomic E-state index is 4.73. The molecule has 236 valence electrons. The van der Waals surface area contributed by atoms with Gasteiger partial charge in [-0.1, -0.05) is 146 Å². The number of nitrogens with zero attached hydrogens (tertiary/aromatic N) is 2. The van der Waals surface area contributed by atoms with E-state index < -0.39 is 0 Å². The van der Waals surface area contributed by atoms with Gasteiger partial charge in [-0.25, -0.2) is 4.98 Å².